The lowest BCUT2D eigenvalue weighted by Gasteiger charge is -2.34. The predicted octanol–water partition coefficient (Wildman–Crippen LogP) is 3.02. The molecule has 6 heteroatoms. The summed E-state index contributed by atoms with van der Waals surface area (Å²) in [6, 6.07) is 14.0. The van der Waals surface area contributed by atoms with Gasteiger partial charge >= 0.3 is 12.1 Å². The molecular formula is C20H22N2O4. The van der Waals surface area contributed by atoms with Gasteiger partial charge in [-0.2, -0.15) is 0 Å². The quantitative estimate of drug-likeness (QED) is 0.832. The van der Waals surface area contributed by atoms with Crippen molar-refractivity contribution in [1.82, 2.24) is 4.90 Å². The number of carboxylic acids is 1. The average molecular weight is 354 g/mol. The maximum atomic E-state index is 12.6. The van der Waals surface area contributed by atoms with Gasteiger partial charge in [-0.1, -0.05) is 48.5 Å². The largest absolute Gasteiger partial charge is 0.480 e. The molecule has 0 aromatic heterocycles. The van der Waals surface area contributed by atoms with Gasteiger partial charge in [-0.15, -0.1) is 0 Å². The molecule has 26 heavy (non-hydrogen) atoms. The number of amides is 1. The van der Waals surface area contributed by atoms with E-state index in [1.165, 1.54) is 12.0 Å². The van der Waals surface area contributed by atoms with E-state index in [1.807, 2.05) is 48.5 Å². The van der Waals surface area contributed by atoms with Crippen LogP contribution in [0.1, 0.15) is 30.0 Å². The van der Waals surface area contributed by atoms with Gasteiger partial charge in [0.2, 0.25) is 0 Å². The Bertz CT molecular complexity index is 775. The molecule has 0 spiro atoms. The minimum atomic E-state index is -1.06. The molecule has 1 amide bonds. The Morgan fingerprint density at radius 2 is 1.65 bits per heavy atom. The first-order valence-electron chi connectivity index (χ1n) is 8.57. The van der Waals surface area contributed by atoms with Crippen LogP contribution in [0.25, 0.3) is 11.1 Å². The molecule has 0 heterocycles. The first-order valence-corrected chi connectivity index (χ1v) is 8.57. The van der Waals surface area contributed by atoms with E-state index in [1.54, 1.807) is 0 Å². The lowest BCUT2D eigenvalue weighted by molar-refractivity contribution is -0.143. The Balaban J connectivity index is 2.15. The number of ether oxygens (including phenoxy) is 1. The van der Waals surface area contributed by atoms with Crippen LogP contribution in [0.4, 0.5) is 4.79 Å². The first-order chi connectivity index (χ1) is 12.6. The number of carbonyl (C=O) groups is 2. The molecule has 1 atom stereocenters. The van der Waals surface area contributed by atoms with Crippen LogP contribution in [-0.4, -0.2) is 41.8 Å². The highest BCUT2D eigenvalue weighted by Crippen LogP contribution is 2.47. The third-order valence-electron chi connectivity index (χ3n) is 4.77. The molecular weight excluding hydrogens is 332 g/mol. The van der Waals surface area contributed by atoms with Crippen molar-refractivity contribution in [2.24, 2.45) is 5.73 Å². The van der Waals surface area contributed by atoms with Crippen LogP contribution in [0.5, 0.6) is 0 Å². The van der Waals surface area contributed by atoms with E-state index in [4.69, 9.17) is 10.5 Å². The summed E-state index contributed by atoms with van der Waals surface area (Å²) in [6.07, 6.45) is 0.105. The monoisotopic (exact) mass is 354 g/mol. The highest BCUT2D eigenvalue weighted by molar-refractivity contribution is 5.85. The molecule has 2 aromatic carbocycles. The van der Waals surface area contributed by atoms with Gasteiger partial charge in [0.15, 0.2) is 0 Å². The maximum absolute atomic E-state index is 12.6. The number of carboxylic acid groups (broad SMARTS) is 1. The van der Waals surface area contributed by atoms with Crippen molar-refractivity contribution in [3.63, 3.8) is 0 Å². The molecule has 6 nitrogen and oxygen atoms in total. The van der Waals surface area contributed by atoms with E-state index in [0.717, 1.165) is 22.3 Å². The van der Waals surface area contributed by atoms with E-state index in [0.29, 0.717) is 13.0 Å². The molecule has 0 fully saturated rings. The highest BCUT2D eigenvalue weighted by atomic mass is 16.5. The predicted molar refractivity (Wildman–Crippen MR) is 97.7 cm³/mol. The molecule has 3 N–H and O–H groups in total. The Hall–Kier alpha value is -2.86. The lowest BCUT2D eigenvalue weighted by atomic mass is 10.00. The van der Waals surface area contributed by atoms with E-state index in [2.05, 4.69) is 0 Å². The van der Waals surface area contributed by atoms with Gasteiger partial charge in [0.25, 0.3) is 0 Å². The number of hydrogen-bond donors (Lipinski definition) is 2. The van der Waals surface area contributed by atoms with E-state index in [-0.39, 0.29) is 6.42 Å². The summed E-state index contributed by atoms with van der Waals surface area (Å²) in [5, 5.41) is 9.78. The van der Waals surface area contributed by atoms with Crippen LogP contribution in [-0.2, 0) is 9.53 Å². The average Bonchev–Trinajstić information content (AvgIpc) is 2.99. The van der Waals surface area contributed by atoms with E-state index in [9.17, 15) is 14.7 Å². The van der Waals surface area contributed by atoms with Crippen molar-refractivity contribution < 1.29 is 19.4 Å². The van der Waals surface area contributed by atoms with Gasteiger partial charge in [0, 0.05) is 0 Å². The van der Waals surface area contributed by atoms with Crippen LogP contribution in [0.3, 0.4) is 0 Å². The van der Waals surface area contributed by atoms with Crippen LogP contribution in [0.15, 0.2) is 48.5 Å². The molecule has 2 aromatic rings. The molecule has 1 aliphatic rings. The van der Waals surface area contributed by atoms with Crippen LogP contribution >= 0.6 is 0 Å². The van der Waals surface area contributed by atoms with Crippen LogP contribution in [0.2, 0.25) is 0 Å². The topological polar surface area (TPSA) is 92.9 Å². The Morgan fingerprint density at radius 3 is 2.12 bits per heavy atom. The number of fused-ring (bicyclic) bond motifs is 3. The van der Waals surface area contributed by atoms with E-state index >= 15 is 0 Å². The Morgan fingerprint density at radius 1 is 1.12 bits per heavy atom. The van der Waals surface area contributed by atoms with Gasteiger partial charge in [-0.3, -0.25) is 4.90 Å². The third kappa shape index (κ3) is 3.04. The second-order valence-electron chi connectivity index (χ2n) is 6.24. The second-order valence-corrected chi connectivity index (χ2v) is 6.24. The molecule has 136 valence electrons. The summed E-state index contributed by atoms with van der Waals surface area (Å²) in [5.41, 5.74) is 9.38. The lowest BCUT2D eigenvalue weighted by Crippen LogP contribution is -2.47. The number of nitrogens with two attached hydrogens (primary N) is 1. The summed E-state index contributed by atoms with van der Waals surface area (Å²) < 4.78 is 4.96. The standard InChI is InChI=1S/C20H22N2O4/c1-26-20(25)22(17(19(23)24)11-6-12-21)18-15-9-4-2-7-13(15)14-8-3-5-10-16(14)18/h2-5,7-10,17-18H,6,11-12,21H2,1H3,(H,23,24)/t17-/m0/s1. The summed E-state index contributed by atoms with van der Waals surface area (Å²) in [6.45, 7) is 0.358. The maximum Gasteiger partial charge on any atom is 0.411 e. The summed E-state index contributed by atoms with van der Waals surface area (Å²) in [7, 11) is 1.27. The molecule has 0 aliphatic heterocycles. The van der Waals surface area contributed by atoms with Crippen LogP contribution in [0, 0.1) is 0 Å². The fourth-order valence-corrected chi connectivity index (χ4v) is 3.64. The van der Waals surface area contributed by atoms with Crippen molar-refractivity contribution in [2.75, 3.05) is 13.7 Å². The number of rotatable bonds is 6. The number of methoxy groups -OCH3 is 1. The molecule has 0 saturated heterocycles. The van der Waals surface area contributed by atoms with Crippen molar-refractivity contribution in [3.05, 3.63) is 59.7 Å². The molecule has 0 unspecified atom stereocenters. The number of aliphatic carboxylic acids is 1. The molecule has 3 rings (SSSR count). The zero-order chi connectivity index (χ0) is 18.7. The molecule has 0 bridgehead atoms. The summed E-state index contributed by atoms with van der Waals surface area (Å²) >= 11 is 0. The normalized spacial score (nSPS) is 13.6. The number of carbonyl (C=O) groups excluding carboxylic acids is 1. The summed E-state index contributed by atoms with van der Waals surface area (Å²) in [5.74, 6) is -1.06. The fourth-order valence-electron chi connectivity index (χ4n) is 3.64. The van der Waals surface area contributed by atoms with Gasteiger partial charge in [0.1, 0.15) is 6.04 Å². The number of benzene rings is 2. The van der Waals surface area contributed by atoms with E-state index < -0.39 is 24.1 Å². The summed E-state index contributed by atoms with van der Waals surface area (Å²) in [4.78, 5) is 25.9. The van der Waals surface area contributed by atoms with Gasteiger partial charge in [-0.05, 0) is 41.6 Å². The highest BCUT2D eigenvalue weighted by Gasteiger charge is 2.41. The smallest absolute Gasteiger partial charge is 0.411 e. The van der Waals surface area contributed by atoms with Gasteiger partial charge < -0.3 is 15.6 Å². The Kier molecular flexibility index (Phi) is 5.23. The minimum Gasteiger partial charge on any atom is -0.480 e. The molecule has 0 radical (unpaired) electrons. The third-order valence-corrected chi connectivity index (χ3v) is 4.77. The van der Waals surface area contributed by atoms with Gasteiger partial charge in [-0.25, -0.2) is 9.59 Å². The first kappa shape index (κ1) is 17.9. The van der Waals surface area contributed by atoms with Gasteiger partial charge in [0.05, 0.1) is 13.2 Å². The van der Waals surface area contributed by atoms with Crippen LogP contribution < -0.4 is 5.73 Å². The molecule has 0 saturated carbocycles. The SMILES string of the molecule is COC(=O)N(C1c2ccccc2-c2ccccc21)[C@@H](CCCN)C(=O)O. The van der Waals surface area contributed by atoms with Crippen molar-refractivity contribution in [2.45, 2.75) is 24.9 Å². The second kappa shape index (κ2) is 7.58. The number of hydrogen-bond acceptors (Lipinski definition) is 4. The van der Waals surface area contributed by atoms with Crippen molar-refractivity contribution in [3.8, 4) is 11.1 Å². The zero-order valence-electron chi connectivity index (χ0n) is 14.6. The number of nitrogens with zero attached hydrogens (tertiary/aromatic N) is 1. The zero-order valence-corrected chi connectivity index (χ0v) is 14.6. The fraction of sp³-hybridized carbons (Fsp3) is 0.300. The molecule has 1 aliphatic carbocycles. The van der Waals surface area contributed by atoms with Crippen molar-refractivity contribution >= 4 is 12.1 Å². The Labute approximate surface area is 152 Å². The minimum absolute atomic E-state index is 0.266. The van der Waals surface area contributed by atoms with Crippen molar-refractivity contribution in [1.29, 1.82) is 0 Å².